The van der Waals surface area contributed by atoms with Crippen molar-refractivity contribution in [3.05, 3.63) is 0 Å². The van der Waals surface area contributed by atoms with Crippen molar-refractivity contribution in [2.75, 3.05) is 0 Å². The molecule has 0 aromatic heterocycles. The number of halogens is 8. The van der Waals surface area contributed by atoms with Crippen molar-refractivity contribution < 1.29 is 4.74 Å². The van der Waals surface area contributed by atoms with E-state index in [1.807, 2.05) is 0 Å². The minimum atomic E-state index is -1.57. The van der Waals surface area contributed by atoms with Gasteiger partial charge in [-0.05, 0) is 12.8 Å². The van der Waals surface area contributed by atoms with E-state index < -0.39 is 17.7 Å². The van der Waals surface area contributed by atoms with Gasteiger partial charge in [0.2, 0.25) is 0 Å². The molecule has 0 heterocycles. The Balaban J connectivity index is 5.00. The summed E-state index contributed by atoms with van der Waals surface area (Å²) < 4.78 is 2.57. The summed E-state index contributed by atoms with van der Waals surface area (Å²) in [6.07, 6.45) is 0.654. The Morgan fingerprint density at radius 2 is 0.895 bits per heavy atom. The van der Waals surface area contributed by atoms with Crippen LogP contribution in [0.25, 0.3) is 0 Å². The molecular formula is C10H14Cl8O. The maximum absolute atomic E-state index is 6.31. The Bertz CT molecular complexity index is 258. The molecule has 2 unspecified atom stereocenters. The topological polar surface area (TPSA) is 9.23 Å². The summed E-state index contributed by atoms with van der Waals surface area (Å²) in [4.78, 5) is 0. The molecule has 0 aromatic carbocycles. The van der Waals surface area contributed by atoms with Gasteiger partial charge >= 0.3 is 0 Å². The van der Waals surface area contributed by atoms with Crippen LogP contribution in [0.2, 0.25) is 0 Å². The van der Waals surface area contributed by atoms with Crippen LogP contribution in [0.4, 0.5) is 0 Å². The summed E-state index contributed by atoms with van der Waals surface area (Å²) >= 11 is 47.1. The molecule has 0 aromatic rings. The molecule has 116 valence electrons. The SMILES string of the molecule is CCC(Cl)(CC(Cl)(Cl)Cl)OC(Cl)(CC)CC(Cl)(Cl)Cl. The zero-order valence-electron chi connectivity index (χ0n) is 10.3. The average molecular weight is 434 g/mol. The van der Waals surface area contributed by atoms with Crippen LogP contribution < -0.4 is 0 Å². The molecule has 0 fully saturated rings. The van der Waals surface area contributed by atoms with Gasteiger partial charge in [0, 0.05) is 12.8 Å². The van der Waals surface area contributed by atoms with Gasteiger partial charge in [0.1, 0.15) is 10.1 Å². The van der Waals surface area contributed by atoms with Crippen LogP contribution >= 0.6 is 92.8 Å². The van der Waals surface area contributed by atoms with E-state index in [0.717, 1.165) is 0 Å². The minimum Gasteiger partial charge on any atom is -0.338 e. The van der Waals surface area contributed by atoms with Crippen LogP contribution in [-0.2, 0) is 4.74 Å². The Morgan fingerprint density at radius 3 is 1.05 bits per heavy atom. The zero-order chi connectivity index (χ0) is 15.5. The van der Waals surface area contributed by atoms with Crippen LogP contribution in [0.5, 0.6) is 0 Å². The van der Waals surface area contributed by atoms with Crippen molar-refractivity contribution in [2.45, 2.75) is 57.2 Å². The van der Waals surface area contributed by atoms with Gasteiger partial charge in [0.25, 0.3) is 0 Å². The lowest BCUT2D eigenvalue weighted by atomic mass is 10.1. The molecule has 0 saturated heterocycles. The second-order valence-electron chi connectivity index (χ2n) is 4.16. The smallest absolute Gasteiger partial charge is 0.194 e. The maximum Gasteiger partial charge on any atom is 0.194 e. The highest BCUT2D eigenvalue weighted by Gasteiger charge is 2.45. The molecule has 0 bridgehead atoms. The number of hydrogen-bond acceptors (Lipinski definition) is 1. The van der Waals surface area contributed by atoms with Crippen LogP contribution in [-0.4, -0.2) is 17.7 Å². The van der Waals surface area contributed by atoms with Crippen molar-refractivity contribution in [2.24, 2.45) is 0 Å². The quantitative estimate of drug-likeness (QED) is 0.402. The van der Waals surface area contributed by atoms with Crippen LogP contribution in [0.3, 0.4) is 0 Å². The normalized spacial score (nSPS) is 19.9. The second kappa shape index (κ2) is 7.70. The van der Waals surface area contributed by atoms with Crippen molar-refractivity contribution in [3.8, 4) is 0 Å². The van der Waals surface area contributed by atoms with Gasteiger partial charge in [-0.25, -0.2) is 0 Å². The predicted molar refractivity (Wildman–Crippen MR) is 88.6 cm³/mol. The van der Waals surface area contributed by atoms with E-state index in [9.17, 15) is 0 Å². The van der Waals surface area contributed by atoms with Crippen LogP contribution in [0.15, 0.2) is 0 Å². The van der Waals surface area contributed by atoms with E-state index in [1.165, 1.54) is 0 Å². The lowest BCUT2D eigenvalue weighted by molar-refractivity contribution is -0.0770. The van der Waals surface area contributed by atoms with E-state index in [0.29, 0.717) is 12.8 Å². The van der Waals surface area contributed by atoms with Gasteiger partial charge in [-0.1, -0.05) is 107 Å². The van der Waals surface area contributed by atoms with E-state index in [4.69, 9.17) is 97.5 Å². The van der Waals surface area contributed by atoms with Gasteiger partial charge in [-0.3, -0.25) is 0 Å². The largest absolute Gasteiger partial charge is 0.338 e. The number of rotatable bonds is 6. The fraction of sp³-hybridized carbons (Fsp3) is 1.00. The molecule has 2 atom stereocenters. The Hall–Kier alpha value is 2.28. The fourth-order valence-electron chi connectivity index (χ4n) is 1.39. The molecule has 19 heavy (non-hydrogen) atoms. The standard InChI is InChI=1S/C10H14Cl8O/c1-3-7(11,5-9(13,14)15)19-8(12,4-2)6-10(16,17)18/h3-6H2,1-2H3. The summed E-state index contributed by atoms with van der Waals surface area (Å²) in [5.41, 5.74) is 0. The molecule has 0 aliphatic carbocycles. The van der Waals surface area contributed by atoms with Crippen molar-refractivity contribution in [1.82, 2.24) is 0 Å². The number of ether oxygens (including phenoxy) is 1. The van der Waals surface area contributed by atoms with Gasteiger partial charge in [0.05, 0.1) is 0 Å². The monoisotopic (exact) mass is 430 g/mol. The summed E-state index contributed by atoms with van der Waals surface area (Å²) in [5.74, 6) is 0. The van der Waals surface area contributed by atoms with Gasteiger partial charge in [0.15, 0.2) is 7.59 Å². The first kappa shape index (κ1) is 21.3. The summed E-state index contributed by atoms with van der Waals surface area (Å²) in [5, 5.41) is -2.50. The van der Waals surface area contributed by atoms with E-state index in [-0.39, 0.29) is 12.8 Å². The highest BCUT2D eigenvalue weighted by molar-refractivity contribution is 6.68. The fourth-order valence-corrected chi connectivity index (χ4v) is 3.83. The Kier molecular flexibility index (Phi) is 8.63. The third kappa shape index (κ3) is 9.81. The van der Waals surface area contributed by atoms with Crippen LogP contribution in [0.1, 0.15) is 39.5 Å². The third-order valence-corrected chi connectivity index (χ3v) is 4.11. The maximum atomic E-state index is 6.31. The highest BCUT2D eigenvalue weighted by atomic mass is 35.6. The Labute approximate surface area is 154 Å². The van der Waals surface area contributed by atoms with Gasteiger partial charge in [-0.15, -0.1) is 0 Å². The molecule has 1 nitrogen and oxygen atoms in total. The van der Waals surface area contributed by atoms with Gasteiger partial charge < -0.3 is 4.74 Å². The third-order valence-electron chi connectivity index (χ3n) is 2.35. The zero-order valence-corrected chi connectivity index (χ0v) is 16.3. The van der Waals surface area contributed by atoms with Gasteiger partial charge in [-0.2, -0.15) is 0 Å². The number of hydrogen-bond donors (Lipinski definition) is 0. The first-order valence-corrected chi connectivity index (χ1v) is 8.48. The first-order valence-electron chi connectivity index (χ1n) is 5.46. The molecule has 0 radical (unpaired) electrons. The van der Waals surface area contributed by atoms with E-state index in [2.05, 4.69) is 0 Å². The minimum absolute atomic E-state index is 0.0446. The van der Waals surface area contributed by atoms with Crippen LogP contribution in [0, 0.1) is 0 Å². The van der Waals surface area contributed by atoms with E-state index >= 15 is 0 Å². The molecule has 0 aliphatic rings. The summed E-state index contributed by atoms with van der Waals surface area (Å²) in [6.45, 7) is 3.57. The molecule has 0 aliphatic heterocycles. The highest BCUT2D eigenvalue weighted by Crippen LogP contribution is 2.47. The molecule has 0 rings (SSSR count). The summed E-state index contributed by atoms with van der Waals surface area (Å²) in [7, 11) is 0. The Morgan fingerprint density at radius 1 is 0.632 bits per heavy atom. The molecule has 9 heteroatoms. The lowest BCUT2D eigenvalue weighted by Gasteiger charge is -2.38. The molecule has 0 amide bonds. The van der Waals surface area contributed by atoms with Crippen molar-refractivity contribution in [1.29, 1.82) is 0 Å². The van der Waals surface area contributed by atoms with E-state index in [1.54, 1.807) is 13.8 Å². The first-order chi connectivity index (χ1) is 8.24. The average Bonchev–Trinajstić information content (AvgIpc) is 2.11. The summed E-state index contributed by atoms with van der Waals surface area (Å²) in [6, 6.07) is 0. The van der Waals surface area contributed by atoms with Crippen molar-refractivity contribution in [3.63, 3.8) is 0 Å². The lowest BCUT2D eigenvalue weighted by Crippen LogP contribution is -2.41. The second-order valence-corrected chi connectivity index (χ2v) is 10.6. The number of alkyl halides is 8. The van der Waals surface area contributed by atoms with Crippen molar-refractivity contribution >= 4 is 92.8 Å². The molecule has 0 N–H and O–H groups in total. The molecule has 0 spiro atoms. The predicted octanol–water partition coefficient (Wildman–Crippen LogP) is 7.21. The molecular weight excluding hydrogens is 420 g/mol. The molecule has 0 saturated carbocycles.